The summed E-state index contributed by atoms with van der Waals surface area (Å²) >= 11 is 1.80. The molecule has 0 N–H and O–H groups in total. The number of hydrogen-bond acceptors (Lipinski definition) is 6. The normalized spacial score (nSPS) is 11.9. The molecule has 5 nitrogen and oxygen atoms in total. The van der Waals surface area contributed by atoms with E-state index in [1.54, 1.807) is 11.3 Å². The maximum absolute atomic E-state index is 6.51. The molecule has 0 saturated carbocycles. The molecule has 4 heterocycles. The summed E-state index contributed by atoms with van der Waals surface area (Å²) in [5.41, 5.74) is 10.8. The van der Waals surface area contributed by atoms with Crippen molar-refractivity contribution in [2.45, 2.75) is 0 Å². The molecule has 266 valence electrons. The number of fused-ring (bicyclic) bond motifs is 9. The zero-order chi connectivity index (χ0) is 37.5. The maximum atomic E-state index is 6.51. The van der Waals surface area contributed by atoms with Crippen LogP contribution in [0, 0.1) is 0 Å². The number of thiophene rings is 1. The zero-order valence-electron chi connectivity index (χ0n) is 30.3. The molecule has 0 amide bonds. The van der Waals surface area contributed by atoms with Crippen molar-refractivity contribution in [2.75, 3.05) is 0 Å². The predicted octanol–water partition coefficient (Wildman–Crippen LogP) is 14.4. The fourth-order valence-electron chi connectivity index (χ4n) is 8.28. The average Bonchev–Trinajstić information content (AvgIpc) is 3.97. The molecule has 0 aliphatic carbocycles. The number of hydrogen-bond donors (Lipinski definition) is 0. The van der Waals surface area contributed by atoms with E-state index >= 15 is 0 Å². The second-order valence-corrected chi connectivity index (χ2v) is 15.4. The lowest BCUT2D eigenvalue weighted by atomic mass is 9.92. The Balaban J connectivity index is 1.00. The Morgan fingerprint density at radius 3 is 1.63 bits per heavy atom. The second kappa shape index (κ2) is 12.6. The van der Waals surface area contributed by atoms with Crippen molar-refractivity contribution in [3.63, 3.8) is 0 Å². The van der Waals surface area contributed by atoms with E-state index in [0.29, 0.717) is 17.5 Å². The molecule has 12 aromatic rings. The summed E-state index contributed by atoms with van der Waals surface area (Å²) in [7, 11) is 0. The van der Waals surface area contributed by atoms with E-state index in [1.807, 2.05) is 66.7 Å². The summed E-state index contributed by atoms with van der Waals surface area (Å²) in [6, 6.07) is 61.0. The van der Waals surface area contributed by atoms with Crippen LogP contribution in [0.5, 0.6) is 0 Å². The molecule has 0 bridgehead atoms. The van der Waals surface area contributed by atoms with Gasteiger partial charge in [0.05, 0.1) is 0 Å². The summed E-state index contributed by atoms with van der Waals surface area (Å²) in [5, 5.41) is 6.82. The van der Waals surface area contributed by atoms with Gasteiger partial charge in [0.1, 0.15) is 22.3 Å². The second-order valence-electron chi connectivity index (χ2n) is 14.3. The zero-order valence-corrected chi connectivity index (χ0v) is 31.1. The Labute approximate surface area is 330 Å². The highest BCUT2D eigenvalue weighted by Crippen LogP contribution is 2.45. The molecule has 12 rings (SSSR count). The molecular formula is C51H29N3O2S. The minimum Gasteiger partial charge on any atom is -0.456 e. The fourth-order valence-corrected chi connectivity index (χ4v) is 9.55. The van der Waals surface area contributed by atoms with Gasteiger partial charge in [-0.25, -0.2) is 15.0 Å². The van der Waals surface area contributed by atoms with Gasteiger partial charge >= 0.3 is 0 Å². The first-order valence-electron chi connectivity index (χ1n) is 18.9. The lowest BCUT2D eigenvalue weighted by Crippen LogP contribution is -2.00. The highest BCUT2D eigenvalue weighted by atomic mass is 32.1. The van der Waals surface area contributed by atoms with Crippen LogP contribution in [0.25, 0.3) is 120 Å². The molecular weight excluding hydrogens is 719 g/mol. The maximum Gasteiger partial charge on any atom is 0.164 e. The van der Waals surface area contributed by atoms with Crippen LogP contribution in [-0.2, 0) is 0 Å². The van der Waals surface area contributed by atoms with Gasteiger partial charge < -0.3 is 8.83 Å². The van der Waals surface area contributed by atoms with Crippen LogP contribution in [0.2, 0.25) is 0 Å². The Kier molecular flexibility index (Phi) is 7.03. The molecule has 0 aliphatic rings. The SMILES string of the molecule is c1ccc(-c2nc(-c3ccc4c(c3)oc3ccccc34)nc(-c3ccc4c(c3)sc3c(-c5ccccc5-c5cccc6c5oc5ccccc56)cccc34)n2)cc1. The largest absolute Gasteiger partial charge is 0.456 e. The third-order valence-electron chi connectivity index (χ3n) is 11.0. The van der Waals surface area contributed by atoms with Crippen molar-refractivity contribution in [3.05, 3.63) is 176 Å². The summed E-state index contributed by atoms with van der Waals surface area (Å²) in [4.78, 5) is 15.2. The van der Waals surface area contributed by atoms with Gasteiger partial charge in [0, 0.05) is 69.5 Å². The van der Waals surface area contributed by atoms with Crippen molar-refractivity contribution in [2.24, 2.45) is 0 Å². The molecule has 0 fully saturated rings. The molecule has 0 radical (unpaired) electrons. The number of furan rings is 2. The van der Waals surface area contributed by atoms with E-state index in [2.05, 4.69) is 109 Å². The van der Waals surface area contributed by atoms with Crippen LogP contribution in [0.3, 0.4) is 0 Å². The molecule has 0 spiro atoms. The average molecular weight is 748 g/mol. The van der Waals surface area contributed by atoms with Crippen LogP contribution in [0.1, 0.15) is 0 Å². The molecule has 4 aromatic heterocycles. The first-order chi connectivity index (χ1) is 28.2. The van der Waals surface area contributed by atoms with E-state index in [4.69, 9.17) is 23.8 Å². The lowest BCUT2D eigenvalue weighted by molar-refractivity contribution is 0.669. The fraction of sp³-hybridized carbons (Fsp3) is 0. The first kappa shape index (κ1) is 31.9. The van der Waals surface area contributed by atoms with Crippen LogP contribution < -0.4 is 0 Å². The van der Waals surface area contributed by atoms with E-state index in [0.717, 1.165) is 71.7 Å². The van der Waals surface area contributed by atoms with Gasteiger partial charge in [0.25, 0.3) is 0 Å². The highest BCUT2D eigenvalue weighted by Gasteiger charge is 2.19. The van der Waals surface area contributed by atoms with Crippen molar-refractivity contribution >= 4 is 75.4 Å². The number of rotatable bonds is 5. The standard InChI is InChI=1S/C51H29N3O2S/c1-2-12-30(13-3-1)49-52-50(31-24-26-37-35-16-6-8-22-43(35)55-45(37)28-31)54-51(53-49)32-25-27-38-42-21-11-20-41(48(42)57-46(38)29-32)34-15-5-4-14-33(34)39-18-10-19-40-36-17-7-9-23-44(36)56-47(39)40/h1-29H. The number of benzene rings is 8. The van der Waals surface area contributed by atoms with Crippen LogP contribution >= 0.6 is 11.3 Å². The lowest BCUT2D eigenvalue weighted by Gasteiger charge is -2.11. The van der Waals surface area contributed by atoms with Gasteiger partial charge in [-0.2, -0.15) is 0 Å². The first-order valence-corrected chi connectivity index (χ1v) is 19.7. The number of nitrogens with zero attached hydrogens (tertiary/aromatic N) is 3. The van der Waals surface area contributed by atoms with Gasteiger partial charge in [0.15, 0.2) is 17.5 Å². The molecule has 6 heteroatoms. The summed E-state index contributed by atoms with van der Waals surface area (Å²) in [5.74, 6) is 1.83. The minimum absolute atomic E-state index is 0.594. The Hall–Kier alpha value is -7.41. The van der Waals surface area contributed by atoms with Crippen molar-refractivity contribution in [3.8, 4) is 56.4 Å². The number of para-hydroxylation sites is 3. The molecule has 8 aromatic carbocycles. The van der Waals surface area contributed by atoms with E-state index < -0.39 is 0 Å². The highest BCUT2D eigenvalue weighted by molar-refractivity contribution is 7.26. The third-order valence-corrected chi connectivity index (χ3v) is 12.2. The van der Waals surface area contributed by atoms with Gasteiger partial charge in [-0.3, -0.25) is 0 Å². The van der Waals surface area contributed by atoms with Crippen molar-refractivity contribution in [1.29, 1.82) is 0 Å². The molecule has 0 saturated heterocycles. The monoisotopic (exact) mass is 747 g/mol. The Morgan fingerprint density at radius 2 is 0.860 bits per heavy atom. The smallest absolute Gasteiger partial charge is 0.164 e. The van der Waals surface area contributed by atoms with Crippen LogP contribution in [-0.4, -0.2) is 15.0 Å². The van der Waals surface area contributed by atoms with E-state index in [1.165, 1.54) is 31.3 Å². The third kappa shape index (κ3) is 5.12. The Bertz CT molecular complexity index is 3540. The summed E-state index contributed by atoms with van der Waals surface area (Å²) in [6.07, 6.45) is 0. The predicted molar refractivity (Wildman–Crippen MR) is 234 cm³/mol. The number of aromatic nitrogens is 3. The quantitative estimate of drug-likeness (QED) is 0.175. The molecule has 57 heavy (non-hydrogen) atoms. The van der Waals surface area contributed by atoms with Crippen molar-refractivity contribution in [1.82, 2.24) is 15.0 Å². The molecule has 0 aliphatic heterocycles. The van der Waals surface area contributed by atoms with Crippen LogP contribution in [0.4, 0.5) is 0 Å². The van der Waals surface area contributed by atoms with Gasteiger partial charge in [-0.05, 0) is 41.5 Å². The van der Waals surface area contributed by atoms with Gasteiger partial charge in [-0.15, -0.1) is 11.3 Å². The van der Waals surface area contributed by atoms with E-state index in [9.17, 15) is 0 Å². The van der Waals surface area contributed by atoms with Gasteiger partial charge in [-0.1, -0.05) is 146 Å². The summed E-state index contributed by atoms with van der Waals surface area (Å²) < 4.78 is 15.2. The Morgan fingerprint density at radius 1 is 0.333 bits per heavy atom. The van der Waals surface area contributed by atoms with Gasteiger partial charge in [0.2, 0.25) is 0 Å². The van der Waals surface area contributed by atoms with Crippen molar-refractivity contribution < 1.29 is 8.83 Å². The van der Waals surface area contributed by atoms with Crippen LogP contribution in [0.15, 0.2) is 185 Å². The minimum atomic E-state index is 0.594. The topological polar surface area (TPSA) is 65.0 Å². The summed E-state index contributed by atoms with van der Waals surface area (Å²) in [6.45, 7) is 0. The van der Waals surface area contributed by atoms with E-state index in [-0.39, 0.29) is 0 Å². The molecule has 0 atom stereocenters. The molecule has 0 unspecified atom stereocenters.